The zero-order valence-corrected chi connectivity index (χ0v) is 17.1. The first kappa shape index (κ1) is 21.3. The van der Waals surface area contributed by atoms with E-state index < -0.39 is 11.7 Å². The number of anilines is 1. The number of benzene rings is 1. The van der Waals surface area contributed by atoms with Gasteiger partial charge in [0.25, 0.3) is 0 Å². The van der Waals surface area contributed by atoms with Crippen LogP contribution in [0.2, 0.25) is 0 Å². The third-order valence-electron chi connectivity index (χ3n) is 5.58. The molecule has 2 N–H and O–H groups in total. The molecule has 0 amide bonds. The Kier molecular flexibility index (Phi) is 5.92. The minimum atomic E-state index is -4.34. The van der Waals surface area contributed by atoms with Gasteiger partial charge in [0.15, 0.2) is 0 Å². The van der Waals surface area contributed by atoms with Crippen LogP contribution in [0.5, 0.6) is 0 Å². The van der Waals surface area contributed by atoms with Crippen LogP contribution in [0.4, 0.5) is 19.0 Å². The van der Waals surface area contributed by atoms with Gasteiger partial charge in [-0.2, -0.15) is 18.3 Å². The summed E-state index contributed by atoms with van der Waals surface area (Å²) in [6, 6.07) is 7.08. The van der Waals surface area contributed by atoms with Crippen molar-refractivity contribution in [3.05, 3.63) is 60.2 Å². The van der Waals surface area contributed by atoms with Gasteiger partial charge in [-0.3, -0.25) is 9.58 Å². The van der Waals surface area contributed by atoms with E-state index in [0.29, 0.717) is 32.7 Å². The first-order valence-corrected chi connectivity index (χ1v) is 10.0. The second-order valence-electron chi connectivity index (χ2n) is 7.53. The van der Waals surface area contributed by atoms with Crippen LogP contribution >= 0.6 is 0 Å². The Morgan fingerprint density at radius 3 is 2.35 bits per heavy atom. The average molecular weight is 431 g/mol. The topological polar surface area (TPSA) is 76.1 Å². The molecule has 0 bridgehead atoms. The van der Waals surface area contributed by atoms with E-state index in [9.17, 15) is 13.2 Å². The van der Waals surface area contributed by atoms with Crippen LogP contribution in [-0.2, 0) is 13.2 Å². The maximum absolute atomic E-state index is 12.9. The highest BCUT2D eigenvalue weighted by atomic mass is 19.4. The lowest BCUT2D eigenvalue weighted by molar-refractivity contribution is -0.137. The molecule has 1 unspecified atom stereocenters. The molecule has 1 saturated heterocycles. The number of rotatable bonds is 5. The van der Waals surface area contributed by atoms with Crippen LogP contribution in [0.1, 0.15) is 17.2 Å². The molecule has 1 aliphatic rings. The molecule has 7 nitrogen and oxygen atoms in total. The summed E-state index contributed by atoms with van der Waals surface area (Å²) in [6.45, 7) is 3.20. The SMILES string of the molecule is Cn1ccc(-c2cncnc2N2CCN(C(CN)c3ccc(C(F)(F)F)cc3)CC2)n1. The fraction of sp³-hybridized carbons (Fsp3) is 0.381. The Hall–Kier alpha value is -2.98. The highest BCUT2D eigenvalue weighted by molar-refractivity contribution is 5.72. The van der Waals surface area contributed by atoms with Crippen molar-refractivity contribution in [2.45, 2.75) is 12.2 Å². The third kappa shape index (κ3) is 4.54. The lowest BCUT2D eigenvalue weighted by Crippen LogP contribution is -2.49. The largest absolute Gasteiger partial charge is 0.416 e. The summed E-state index contributed by atoms with van der Waals surface area (Å²) >= 11 is 0. The molecule has 0 saturated carbocycles. The van der Waals surface area contributed by atoms with Gasteiger partial charge in [-0.15, -0.1) is 0 Å². The van der Waals surface area contributed by atoms with E-state index in [1.165, 1.54) is 18.5 Å². The van der Waals surface area contributed by atoms with Gasteiger partial charge in [-0.05, 0) is 23.8 Å². The molecule has 31 heavy (non-hydrogen) atoms. The lowest BCUT2D eigenvalue weighted by Gasteiger charge is -2.40. The minimum Gasteiger partial charge on any atom is -0.353 e. The molecule has 1 atom stereocenters. The smallest absolute Gasteiger partial charge is 0.353 e. The fourth-order valence-electron chi connectivity index (χ4n) is 3.95. The van der Waals surface area contributed by atoms with E-state index >= 15 is 0 Å². The van der Waals surface area contributed by atoms with Gasteiger partial charge in [0, 0.05) is 58.2 Å². The van der Waals surface area contributed by atoms with Crippen LogP contribution in [0, 0.1) is 0 Å². The van der Waals surface area contributed by atoms with Crippen molar-refractivity contribution in [2.24, 2.45) is 12.8 Å². The summed E-state index contributed by atoms with van der Waals surface area (Å²) in [5, 5.41) is 4.46. The van der Waals surface area contributed by atoms with Crippen LogP contribution in [0.15, 0.2) is 49.1 Å². The van der Waals surface area contributed by atoms with E-state index in [-0.39, 0.29) is 6.04 Å². The Bertz CT molecular complexity index is 1010. The van der Waals surface area contributed by atoms with Gasteiger partial charge < -0.3 is 10.6 Å². The van der Waals surface area contributed by atoms with Crippen molar-refractivity contribution < 1.29 is 13.2 Å². The molecule has 164 valence electrons. The molecular weight excluding hydrogens is 407 g/mol. The van der Waals surface area contributed by atoms with E-state index in [0.717, 1.165) is 34.8 Å². The van der Waals surface area contributed by atoms with Crippen LogP contribution in [-0.4, -0.2) is 57.4 Å². The number of aryl methyl sites for hydroxylation is 1. The van der Waals surface area contributed by atoms with Gasteiger partial charge in [-0.25, -0.2) is 9.97 Å². The van der Waals surface area contributed by atoms with Crippen molar-refractivity contribution in [3.63, 3.8) is 0 Å². The minimum absolute atomic E-state index is 0.134. The molecule has 1 aromatic carbocycles. The predicted molar refractivity (Wildman–Crippen MR) is 111 cm³/mol. The number of aromatic nitrogens is 4. The van der Waals surface area contributed by atoms with Crippen LogP contribution in [0.3, 0.4) is 0 Å². The summed E-state index contributed by atoms with van der Waals surface area (Å²) in [5.74, 6) is 0.826. The fourth-order valence-corrected chi connectivity index (χ4v) is 3.95. The van der Waals surface area contributed by atoms with Gasteiger partial charge in [-0.1, -0.05) is 12.1 Å². The maximum Gasteiger partial charge on any atom is 0.416 e. The average Bonchev–Trinajstić information content (AvgIpc) is 3.21. The van der Waals surface area contributed by atoms with Crippen LogP contribution in [0.25, 0.3) is 11.3 Å². The predicted octanol–water partition coefficient (Wildman–Crippen LogP) is 2.72. The zero-order chi connectivity index (χ0) is 22.0. The molecule has 0 aliphatic carbocycles. The number of halogens is 3. The van der Waals surface area contributed by atoms with Crippen LogP contribution < -0.4 is 10.6 Å². The quantitative estimate of drug-likeness (QED) is 0.670. The van der Waals surface area contributed by atoms with Crippen molar-refractivity contribution >= 4 is 5.82 Å². The number of piperazine rings is 1. The number of nitrogens with zero attached hydrogens (tertiary/aromatic N) is 6. The Balaban J connectivity index is 1.47. The maximum atomic E-state index is 12.9. The van der Waals surface area contributed by atoms with Gasteiger partial charge in [0.2, 0.25) is 0 Å². The first-order valence-electron chi connectivity index (χ1n) is 10.0. The molecule has 10 heteroatoms. The highest BCUT2D eigenvalue weighted by Gasteiger charge is 2.31. The van der Waals surface area contributed by atoms with Crippen molar-refractivity contribution in [1.82, 2.24) is 24.6 Å². The molecule has 4 rings (SSSR count). The van der Waals surface area contributed by atoms with Gasteiger partial charge in [0.1, 0.15) is 12.1 Å². The Labute approximate surface area is 178 Å². The monoisotopic (exact) mass is 431 g/mol. The number of hydrogen-bond acceptors (Lipinski definition) is 6. The van der Waals surface area contributed by atoms with Crippen molar-refractivity contribution in [3.8, 4) is 11.3 Å². The van der Waals surface area contributed by atoms with Crippen molar-refractivity contribution in [2.75, 3.05) is 37.6 Å². The summed E-state index contributed by atoms with van der Waals surface area (Å²) in [5.41, 5.74) is 7.82. The number of nitrogens with two attached hydrogens (primary N) is 1. The van der Waals surface area contributed by atoms with Gasteiger partial charge in [0.05, 0.1) is 16.8 Å². The number of hydrogen-bond donors (Lipinski definition) is 1. The summed E-state index contributed by atoms with van der Waals surface area (Å²) in [4.78, 5) is 13.0. The Morgan fingerprint density at radius 1 is 1.06 bits per heavy atom. The molecule has 0 radical (unpaired) electrons. The lowest BCUT2D eigenvalue weighted by atomic mass is 10.0. The molecule has 1 aliphatic heterocycles. The standard InChI is InChI=1S/C21H24F3N7/c1-29-7-6-18(28-29)17-13-26-14-27-20(17)31-10-8-30(9-11-31)19(12-25)15-2-4-16(5-3-15)21(22,23)24/h2-7,13-14,19H,8-12,25H2,1H3. The molecule has 1 fully saturated rings. The molecule has 3 aromatic rings. The second-order valence-corrected chi connectivity index (χ2v) is 7.53. The molecular formula is C21H24F3N7. The normalized spacial score (nSPS) is 16.5. The van der Waals surface area contributed by atoms with Crippen molar-refractivity contribution in [1.29, 1.82) is 0 Å². The molecule has 3 heterocycles. The summed E-state index contributed by atoms with van der Waals surface area (Å²) in [6.07, 6.45) is 0.826. The van der Waals surface area contributed by atoms with Gasteiger partial charge >= 0.3 is 6.18 Å². The van der Waals surface area contributed by atoms with E-state index in [4.69, 9.17) is 5.73 Å². The van der Waals surface area contributed by atoms with E-state index in [1.807, 2.05) is 19.3 Å². The summed E-state index contributed by atoms with van der Waals surface area (Å²) < 4.78 is 40.3. The summed E-state index contributed by atoms with van der Waals surface area (Å²) in [7, 11) is 1.86. The zero-order valence-electron chi connectivity index (χ0n) is 17.1. The highest BCUT2D eigenvalue weighted by Crippen LogP contribution is 2.32. The Morgan fingerprint density at radius 2 is 1.77 bits per heavy atom. The molecule has 2 aromatic heterocycles. The number of alkyl halides is 3. The molecule has 0 spiro atoms. The first-order chi connectivity index (χ1) is 14.9. The second kappa shape index (κ2) is 8.64. The van der Waals surface area contributed by atoms with E-state index in [2.05, 4.69) is 24.9 Å². The van der Waals surface area contributed by atoms with E-state index in [1.54, 1.807) is 10.9 Å². The third-order valence-corrected chi connectivity index (χ3v) is 5.58.